The van der Waals surface area contributed by atoms with Gasteiger partial charge in [0.25, 0.3) is 0 Å². The number of hydrogen-bond acceptors (Lipinski definition) is 3. The molecule has 3 N–H and O–H groups in total. The van der Waals surface area contributed by atoms with Crippen molar-refractivity contribution in [2.75, 3.05) is 19.3 Å². The van der Waals surface area contributed by atoms with E-state index in [1.165, 1.54) is 19.3 Å². The molecule has 90 valence electrons. The van der Waals surface area contributed by atoms with E-state index in [2.05, 4.69) is 0 Å². The molecule has 0 aliphatic heterocycles. The van der Waals surface area contributed by atoms with Crippen LogP contribution in [0.15, 0.2) is 0 Å². The largest absolute Gasteiger partial charge is 0.330 e. The standard InChI is InChI=1S/C10H22NO3P/c11-7-4-8-14-15(12,13)9-10-5-2-1-3-6-10/h10H,1-9,11H2,(H,12,13). The number of rotatable bonds is 6. The average molecular weight is 235 g/mol. The molecule has 0 heterocycles. The second-order valence-corrected chi connectivity index (χ2v) is 6.20. The van der Waals surface area contributed by atoms with Crippen LogP contribution in [-0.4, -0.2) is 24.2 Å². The summed E-state index contributed by atoms with van der Waals surface area (Å²) < 4.78 is 16.7. The molecular formula is C10H22NO3P. The van der Waals surface area contributed by atoms with E-state index in [0.717, 1.165) is 12.8 Å². The molecule has 1 rings (SSSR count). The molecule has 0 amide bonds. The summed E-state index contributed by atoms with van der Waals surface area (Å²) in [6.07, 6.45) is 6.77. The predicted molar refractivity (Wildman–Crippen MR) is 60.9 cm³/mol. The Morgan fingerprint density at radius 2 is 2.00 bits per heavy atom. The van der Waals surface area contributed by atoms with Crippen LogP contribution in [-0.2, 0) is 9.09 Å². The fourth-order valence-corrected chi connectivity index (χ4v) is 3.58. The van der Waals surface area contributed by atoms with Gasteiger partial charge in [0.1, 0.15) is 0 Å². The summed E-state index contributed by atoms with van der Waals surface area (Å²) >= 11 is 0. The summed E-state index contributed by atoms with van der Waals surface area (Å²) in [5.41, 5.74) is 5.29. The first-order valence-corrected chi connectivity index (χ1v) is 7.57. The fraction of sp³-hybridized carbons (Fsp3) is 1.00. The first kappa shape index (κ1) is 13.2. The molecule has 5 heteroatoms. The van der Waals surface area contributed by atoms with Gasteiger partial charge in [0.2, 0.25) is 0 Å². The molecule has 1 unspecified atom stereocenters. The van der Waals surface area contributed by atoms with E-state index in [1.807, 2.05) is 0 Å². The maximum absolute atomic E-state index is 11.6. The van der Waals surface area contributed by atoms with Crippen molar-refractivity contribution in [3.8, 4) is 0 Å². The molecule has 15 heavy (non-hydrogen) atoms. The van der Waals surface area contributed by atoms with E-state index in [-0.39, 0.29) is 0 Å². The highest BCUT2D eigenvalue weighted by atomic mass is 31.2. The maximum atomic E-state index is 11.6. The second-order valence-electron chi connectivity index (χ2n) is 4.30. The van der Waals surface area contributed by atoms with Crippen molar-refractivity contribution >= 4 is 7.60 Å². The first-order valence-electron chi connectivity index (χ1n) is 5.80. The Kier molecular flexibility index (Phi) is 5.83. The van der Waals surface area contributed by atoms with Gasteiger partial charge in [-0.1, -0.05) is 19.3 Å². The van der Waals surface area contributed by atoms with E-state index in [0.29, 0.717) is 31.7 Å². The Morgan fingerprint density at radius 3 is 2.60 bits per heavy atom. The van der Waals surface area contributed by atoms with E-state index >= 15 is 0 Å². The summed E-state index contributed by atoms with van der Waals surface area (Å²) in [6.45, 7) is 0.806. The molecule has 0 aromatic rings. The highest BCUT2D eigenvalue weighted by molar-refractivity contribution is 7.52. The van der Waals surface area contributed by atoms with E-state index in [9.17, 15) is 9.46 Å². The minimum Gasteiger partial charge on any atom is -0.330 e. The Labute approximate surface area is 91.7 Å². The Bertz CT molecular complexity index is 217. The maximum Gasteiger partial charge on any atom is 0.328 e. The third kappa shape index (κ3) is 5.67. The van der Waals surface area contributed by atoms with Crippen LogP contribution < -0.4 is 5.73 Å². The van der Waals surface area contributed by atoms with Gasteiger partial charge in [0.15, 0.2) is 0 Å². The van der Waals surface area contributed by atoms with Crippen LogP contribution in [0.5, 0.6) is 0 Å². The SMILES string of the molecule is NCCCOP(=O)(O)CC1CCCCC1. The van der Waals surface area contributed by atoms with Crippen LogP contribution in [0.3, 0.4) is 0 Å². The molecule has 4 nitrogen and oxygen atoms in total. The number of hydrogen-bond donors (Lipinski definition) is 2. The lowest BCUT2D eigenvalue weighted by atomic mass is 9.91. The van der Waals surface area contributed by atoms with Crippen LogP contribution in [0.1, 0.15) is 38.5 Å². The monoisotopic (exact) mass is 235 g/mol. The van der Waals surface area contributed by atoms with Crippen LogP contribution in [0.4, 0.5) is 0 Å². The predicted octanol–water partition coefficient (Wildman–Crippen LogP) is 2.12. The minimum absolute atomic E-state index is 0.303. The van der Waals surface area contributed by atoms with Crippen LogP contribution in [0, 0.1) is 5.92 Å². The molecule has 0 aromatic heterocycles. The second kappa shape index (κ2) is 6.64. The normalized spacial score (nSPS) is 22.5. The van der Waals surface area contributed by atoms with Crippen molar-refractivity contribution in [2.45, 2.75) is 38.5 Å². The molecule has 0 bridgehead atoms. The van der Waals surface area contributed by atoms with Gasteiger partial charge in [-0.3, -0.25) is 4.57 Å². The zero-order chi connectivity index (χ0) is 11.1. The lowest BCUT2D eigenvalue weighted by Crippen LogP contribution is -2.13. The van der Waals surface area contributed by atoms with Crippen molar-refractivity contribution in [3.05, 3.63) is 0 Å². The van der Waals surface area contributed by atoms with Gasteiger partial charge >= 0.3 is 7.60 Å². The number of nitrogens with two attached hydrogens (primary N) is 1. The van der Waals surface area contributed by atoms with E-state index in [1.54, 1.807) is 0 Å². The fourth-order valence-electron chi connectivity index (χ4n) is 2.04. The highest BCUT2D eigenvalue weighted by Gasteiger charge is 2.26. The highest BCUT2D eigenvalue weighted by Crippen LogP contribution is 2.46. The summed E-state index contributed by atoms with van der Waals surface area (Å²) in [5, 5.41) is 0. The quantitative estimate of drug-likeness (QED) is 0.546. The van der Waals surface area contributed by atoms with Crippen molar-refractivity contribution in [3.63, 3.8) is 0 Å². The Morgan fingerprint density at radius 1 is 1.33 bits per heavy atom. The topological polar surface area (TPSA) is 72.5 Å². The average Bonchev–Trinajstić information content (AvgIpc) is 2.18. The van der Waals surface area contributed by atoms with Gasteiger partial charge in [-0.2, -0.15) is 0 Å². The molecular weight excluding hydrogens is 213 g/mol. The Hall–Kier alpha value is 0.110. The first-order chi connectivity index (χ1) is 7.14. The lowest BCUT2D eigenvalue weighted by Gasteiger charge is -2.23. The van der Waals surface area contributed by atoms with Crippen LogP contribution in [0.2, 0.25) is 0 Å². The van der Waals surface area contributed by atoms with Gasteiger partial charge in [-0.25, -0.2) is 0 Å². The van der Waals surface area contributed by atoms with Gasteiger partial charge in [0, 0.05) is 0 Å². The van der Waals surface area contributed by atoms with Crippen molar-refractivity contribution in [1.29, 1.82) is 0 Å². The molecule has 1 saturated carbocycles. The summed E-state index contributed by atoms with van der Waals surface area (Å²) in [4.78, 5) is 9.59. The van der Waals surface area contributed by atoms with Gasteiger partial charge in [-0.05, 0) is 31.7 Å². The van der Waals surface area contributed by atoms with E-state index in [4.69, 9.17) is 10.3 Å². The third-order valence-corrected chi connectivity index (χ3v) is 4.42. The summed E-state index contributed by atoms with van der Waals surface area (Å²) in [5.74, 6) is 0.382. The van der Waals surface area contributed by atoms with Crippen molar-refractivity contribution < 1.29 is 14.0 Å². The molecule has 1 aliphatic carbocycles. The molecule has 1 fully saturated rings. The van der Waals surface area contributed by atoms with Crippen LogP contribution in [0.25, 0.3) is 0 Å². The zero-order valence-corrected chi connectivity index (χ0v) is 10.1. The van der Waals surface area contributed by atoms with E-state index < -0.39 is 7.60 Å². The summed E-state index contributed by atoms with van der Waals surface area (Å²) in [6, 6.07) is 0. The third-order valence-electron chi connectivity index (χ3n) is 2.86. The lowest BCUT2D eigenvalue weighted by molar-refractivity contribution is 0.247. The van der Waals surface area contributed by atoms with Gasteiger partial charge in [-0.15, -0.1) is 0 Å². The van der Waals surface area contributed by atoms with Gasteiger partial charge < -0.3 is 15.2 Å². The van der Waals surface area contributed by atoms with Gasteiger partial charge in [0.05, 0.1) is 12.8 Å². The van der Waals surface area contributed by atoms with Crippen LogP contribution >= 0.6 is 7.60 Å². The molecule has 0 radical (unpaired) electrons. The van der Waals surface area contributed by atoms with Crippen molar-refractivity contribution in [1.82, 2.24) is 0 Å². The molecule has 0 aromatic carbocycles. The molecule has 1 atom stereocenters. The zero-order valence-electron chi connectivity index (χ0n) is 9.23. The molecule has 0 spiro atoms. The van der Waals surface area contributed by atoms with Crippen molar-refractivity contribution in [2.24, 2.45) is 11.7 Å². The summed E-state index contributed by atoms with van der Waals surface area (Å²) in [7, 11) is -3.35. The molecule has 1 aliphatic rings. The minimum atomic E-state index is -3.35. The molecule has 0 saturated heterocycles. The smallest absolute Gasteiger partial charge is 0.328 e. The Balaban J connectivity index is 2.24.